The summed E-state index contributed by atoms with van der Waals surface area (Å²) < 4.78 is 16.9. The second kappa shape index (κ2) is 11.0. The lowest BCUT2D eigenvalue weighted by atomic mass is 10.1. The average molecular weight is 522 g/mol. The zero-order valence-corrected chi connectivity index (χ0v) is 21.1. The van der Waals surface area contributed by atoms with Gasteiger partial charge in [-0.15, -0.1) is 0 Å². The van der Waals surface area contributed by atoms with Gasteiger partial charge < -0.3 is 19.2 Å². The second-order valence-electron chi connectivity index (χ2n) is 8.52. The predicted octanol–water partition coefficient (Wildman–Crippen LogP) is 6.86. The van der Waals surface area contributed by atoms with Gasteiger partial charge in [0.25, 0.3) is 11.1 Å². The Labute approximate surface area is 217 Å². The zero-order chi connectivity index (χ0) is 24.9. The van der Waals surface area contributed by atoms with Crippen LogP contribution in [0.3, 0.4) is 0 Å². The Morgan fingerprint density at radius 1 is 1.28 bits per heavy atom. The fourth-order valence-corrected chi connectivity index (χ4v) is 4.28. The Morgan fingerprint density at radius 3 is 2.94 bits per heavy atom. The van der Waals surface area contributed by atoms with Gasteiger partial charge in [-0.2, -0.15) is 0 Å². The lowest BCUT2D eigenvalue weighted by molar-refractivity contribution is 0.0947. The highest BCUT2D eigenvalue weighted by Crippen LogP contribution is 2.35. The van der Waals surface area contributed by atoms with Gasteiger partial charge >= 0.3 is 0 Å². The van der Waals surface area contributed by atoms with Crippen LogP contribution in [-0.4, -0.2) is 28.5 Å². The molecule has 0 aliphatic heterocycles. The molecule has 1 aliphatic carbocycles. The number of rotatable bonds is 10. The first-order valence-corrected chi connectivity index (χ1v) is 12.8. The Kier molecular flexibility index (Phi) is 7.34. The van der Waals surface area contributed by atoms with Crippen LogP contribution < -0.4 is 14.8 Å². The Bertz CT molecular complexity index is 1370. The molecule has 1 amide bonds. The number of benzene rings is 2. The van der Waals surface area contributed by atoms with E-state index in [4.69, 9.17) is 25.5 Å². The van der Waals surface area contributed by atoms with Crippen LogP contribution in [0.4, 0.5) is 0 Å². The van der Waals surface area contributed by atoms with Crippen LogP contribution in [-0.2, 0) is 0 Å². The van der Waals surface area contributed by atoms with Crippen molar-refractivity contribution in [1.82, 2.24) is 15.3 Å². The maximum absolute atomic E-state index is 12.7. The Morgan fingerprint density at radius 2 is 2.17 bits per heavy atom. The van der Waals surface area contributed by atoms with Gasteiger partial charge in [0.15, 0.2) is 0 Å². The summed E-state index contributed by atoms with van der Waals surface area (Å²) in [7, 11) is 0. The SMILES string of the molecule is C[C@@H](C=Cc1cnc(Oc2ccc(OCC3CC3)cc2Cl)s1)NC(=O)c1cccc(-c2ncco2)c1. The van der Waals surface area contributed by atoms with Gasteiger partial charge in [-0.3, -0.25) is 4.79 Å². The number of amides is 1. The highest BCUT2D eigenvalue weighted by Gasteiger charge is 2.22. The van der Waals surface area contributed by atoms with Gasteiger partial charge in [0.1, 0.15) is 17.8 Å². The number of carbonyl (C=O) groups is 1. The molecule has 1 fully saturated rings. The van der Waals surface area contributed by atoms with Gasteiger partial charge in [0, 0.05) is 29.4 Å². The normalized spacial score (nSPS) is 14.1. The molecular weight excluding hydrogens is 498 g/mol. The Hall–Kier alpha value is -3.62. The van der Waals surface area contributed by atoms with E-state index in [1.807, 2.05) is 31.2 Å². The van der Waals surface area contributed by atoms with Crippen molar-refractivity contribution >= 4 is 34.9 Å². The van der Waals surface area contributed by atoms with Crippen molar-refractivity contribution < 1.29 is 18.7 Å². The summed E-state index contributed by atoms with van der Waals surface area (Å²) in [6.07, 6.45) is 11.0. The number of ether oxygens (including phenoxy) is 2. The number of halogens is 1. The van der Waals surface area contributed by atoms with Crippen LogP contribution in [0.2, 0.25) is 5.02 Å². The topological polar surface area (TPSA) is 86.5 Å². The number of nitrogens with one attached hydrogen (secondary N) is 1. The number of oxazole rings is 1. The van der Waals surface area contributed by atoms with Crippen LogP contribution in [0.5, 0.6) is 16.7 Å². The molecule has 2 aromatic carbocycles. The molecule has 1 aliphatic rings. The number of nitrogens with zero attached hydrogens (tertiary/aromatic N) is 2. The van der Waals surface area contributed by atoms with Crippen LogP contribution in [0.15, 0.2) is 71.6 Å². The number of carbonyl (C=O) groups excluding carboxylic acids is 1. The summed E-state index contributed by atoms with van der Waals surface area (Å²) in [5.41, 5.74) is 1.27. The van der Waals surface area contributed by atoms with Crippen LogP contribution in [0.1, 0.15) is 35.0 Å². The summed E-state index contributed by atoms with van der Waals surface area (Å²) in [5, 5.41) is 3.91. The molecule has 2 aromatic heterocycles. The van der Waals surface area contributed by atoms with Gasteiger partial charge in [0.2, 0.25) is 5.89 Å². The van der Waals surface area contributed by atoms with Crippen molar-refractivity contribution in [3.63, 3.8) is 0 Å². The smallest absolute Gasteiger partial charge is 0.279 e. The van der Waals surface area contributed by atoms with Crippen molar-refractivity contribution in [2.75, 3.05) is 6.61 Å². The monoisotopic (exact) mass is 521 g/mol. The van der Waals surface area contributed by atoms with E-state index in [1.54, 1.807) is 42.7 Å². The molecule has 0 saturated heterocycles. The predicted molar refractivity (Wildman–Crippen MR) is 140 cm³/mol. The van der Waals surface area contributed by atoms with Crippen molar-refractivity contribution in [2.45, 2.75) is 25.8 Å². The molecule has 0 bridgehead atoms. The number of thiazole rings is 1. The second-order valence-corrected chi connectivity index (χ2v) is 9.95. The molecule has 5 rings (SSSR count). The first-order valence-electron chi connectivity index (χ1n) is 11.6. The maximum Gasteiger partial charge on any atom is 0.279 e. The van der Waals surface area contributed by atoms with E-state index in [-0.39, 0.29) is 11.9 Å². The molecule has 1 atom stereocenters. The molecule has 36 heavy (non-hydrogen) atoms. The van der Waals surface area contributed by atoms with Crippen molar-refractivity contribution in [2.24, 2.45) is 5.92 Å². The summed E-state index contributed by atoms with van der Waals surface area (Å²) in [6, 6.07) is 12.3. The zero-order valence-electron chi connectivity index (χ0n) is 19.5. The summed E-state index contributed by atoms with van der Waals surface area (Å²) in [5.74, 6) is 2.22. The summed E-state index contributed by atoms with van der Waals surface area (Å²) in [6.45, 7) is 2.63. The highest BCUT2D eigenvalue weighted by atomic mass is 35.5. The molecule has 1 N–H and O–H groups in total. The molecule has 0 spiro atoms. The van der Waals surface area contributed by atoms with E-state index in [2.05, 4.69) is 15.3 Å². The van der Waals surface area contributed by atoms with Crippen molar-refractivity contribution in [3.05, 3.63) is 82.7 Å². The summed E-state index contributed by atoms with van der Waals surface area (Å²) in [4.78, 5) is 22.0. The molecule has 4 aromatic rings. The molecule has 1 saturated carbocycles. The molecule has 7 nitrogen and oxygen atoms in total. The van der Waals surface area contributed by atoms with E-state index in [1.165, 1.54) is 30.4 Å². The van der Waals surface area contributed by atoms with E-state index in [9.17, 15) is 4.79 Å². The van der Waals surface area contributed by atoms with Crippen LogP contribution in [0, 0.1) is 5.92 Å². The van der Waals surface area contributed by atoms with Gasteiger partial charge in [-0.25, -0.2) is 9.97 Å². The largest absolute Gasteiger partial charge is 0.493 e. The lowest BCUT2D eigenvalue weighted by Gasteiger charge is -2.10. The van der Waals surface area contributed by atoms with Gasteiger partial charge in [-0.1, -0.05) is 35.1 Å². The van der Waals surface area contributed by atoms with E-state index >= 15 is 0 Å². The maximum atomic E-state index is 12.7. The van der Waals surface area contributed by atoms with Crippen molar-refractivity contribution in [1.29, 1.82) is 0 Å². The molecule has 2 heterocycles. The molecule has 9 heteroatoms. The number of aromatic nitrogens is 2. The van der Waals surface area contributed by atoms with E-state index in [0.29, 0.717) is 33.3 Å². The number of hydrogen-bond acceptors (Lipinski definition) is 7. The minimum absolute atomic E-state index is 0.187. The van der Waals surface area contributed by atoms with Crippen molar-refractivity contribution in [3.8, 4) is 28.1 Å². The fraction of sp³-hybridized carbons (Fsp3) is 0.222. The molecule has 0 radical (unpaired) electrons. The Balaban J connectivity index is 1.15. The summed E-state index contributed by atoms with van der Waals surface area (Å²) >= 11 is 7.75. The minimum Gasteiger partial charge on any atom is -0.493 e. The third-order valence-corrected chi connectivity index (χ3v) is 6.63. The first kappa shape index (κ1) is 24.1. The van der Waals surface area contributed by atoms with Gasteiger partial charge in [0.05, 0.1) is 22.7 Å². The standard InChI is InChI=1S/C27H24ClN3O4S/c1-17(31-25(32)19-3-2-4-20(13-19)26-29-11-12-33-26)5-9-22-15-30-27(36-22)35-24-10-8-21(14-23(24)28)34-16-18-6-7-18/h2-5,8-15,17-18H,6-7,16H2,1H3,(H,31,32)/t17-/m0/s1. The van der Waals surface area contributed by atoms with E-state index < -0.39 is 0 Å². The molecular formula is C27H24ClN3O4S. The quantitative estimate of drug-likeness (QED) is 0.245. The van der Waals surface area contributed by atoms with E-state index in [0.717, 1.165) is 22.8 Å². The van der Waals surface area contributed by atoms with Crippen LogP contribution in [0.25, 0.3) is 17.5 Å². The molecule has 184 valence electrons. The first-order chi connectivity index (χ1) is 17.5. The fourth-order valence-electron chi connectivity index (χ4n) is 3.38. The van der Waals surface area contributed by atoms with Gasteiger partial charge in [-0.05, 0) is 62.1 Å². The lowest BCUT2D eigenvalue weighted by Crippen LogP contribution is -2.30. The molecule has 0 unspecified atom stereocenters. The minimum atomic E-state index is -0.202. The third kappa shape index (κ3) is 6.33. The average Bonchev–Trinajstić information content (AvgIpc) is 3.34. The highest BCUT2D eigenvalue weighted by molar-refractivity contribution is 7.14. The third-order valence-electron chi connectivity index (χ3n) is 5.50. The van der Waals surface area contributed by atoms with Crippen LogP contribution >= 0.6 is 22.9 Å². The number of hydrogen-bond donors (Lipinski definition) is 1.